The standard InChI is InChI=1S/C11H26O3Si/c1-5-7-9-13-15(4,11-12-3)14-10-8-6-2/h5-11H2,1-4H3. The molecule has 0 unspecified atom stereocenters. The van der Waals surface area contributed by atoms with Crippen LogP contribution >= 0.6 is 0 Å². The van der Waals surface area contributed by atoms with Crippen LogP contribution < -0.4 is 0 Å². The smallest absolute Gasteiger partial charge is 0.361 e. The Morgan fingerprint density at radius 2 is 1.40 bits per heavy atom. The van der Waals surface area contributed by atoms with Gasteiger partial charge < -0.3 is 13.6 Å². The first-order valence-electron chi connectivity index (χ1n) is 5.95. The third-order valence-corrected chi connectivity index (χ3v) is 4.66. The van der Waals surface area contributed by atoms with Crippen molar-refractivity contribution in [3.05, 3.63) is 0 Å². The highest BCUT2D eigenvalue weighted by atomic mass is 28.4. The van der Waals surface area contributed by atoms with Crippen LogP contribution in [-0.2, 0) is 13.6 Å². The van der Waals surface area contributed by atoms with Gasteiger partial charge in [-0.05, 0) is 19.4 Å². The normalized spacial score (nSPS) is 12.0. The molecule has 0 aromatic rings. The molecule has 0 atom stereocenters. The summed E-state index contributed by atoms with van der Waals surface area (Å²) < 4.78 is 16.9. The highest BCUT2D eigenvalue weighted by molar-refractivity contribution is 6.65. The summed E-state index contributed by atoms with van der Waals surface area (Å²) in [6.45, 7) is 8.01. The fourth-order valence-corrected chi connectivity index (χ4v) is 3.18. The van der Waals surface area contributed by atoms with Crippen LogP contribution in [0.25, 0.3) is 0 Å². The van der Waals surface area contributed by atoms with Crippen LogP contribution in [0.4, 0.5) is 0 Å². The Labute approximate surface area is 95.4 Å². The molecule has 15 heavy (non-hydrogen) atoms. The van der Waals surface area contributed by atoms with Crippen molar-refractivity contribution >= 4 is 8.56 Å². The molecule has 3 nitrogen and oxygen atoms in total. The van der Waals surface area contributed by atoms with Crippen LogP contribution in [0.15, 0.2) is 0 Å². The molecule has 0 amide bonds. The third kappa shape index (κ3) is 7.96. The first-order valence-corrected chi connectivity index (χ1v) is 8.47. The second kappa shape index (κ2) is 9.33. The highest BCUT2D eigenvalue weighted by Gasteiger charge is 2.31. The van der Waals surface area contributed by atoms with Crippen molar-refractivity contribution in [1.29, 1.82) is 0 Å². The number of unbranched alkanes of at least 4 members (excludes halogenated alkanes) is 2. The van der Waals surface area contributed by atoms with Gasteiger partial charge in [0.15, 0.2) is 0 Å². The Balaban J connectivity index is 3.83. The van der Waals surface area contributed by atoms with E-state index in [-0.39, 0.29) is 0 Å². The third-order valence-electron chi connectivity index (χ3n) is 2.22. The minimum atomic E-state index is -2.05. The molecule has 0 bridgehead atoms. The Morgan fingerprint density at radius 1 is 0.933 bits per heavy atom. The number of methoxy groups -OCH3 is 1. The predicted molar refractivity (Wildman–Crippen MR) is 65.2 cm³/mol. The minimum Gasteiger partial charge on any atom is -0.393 e. The number of rotatable bonds is 10. The van der Waals surface area contributed by atoms with Gasteiger partial charge in [0.1, 0.15) is 0 Å². The first-order chi connectivity index (χ1) is 7.18. The van der Waals surface area contributed by atoms with E-state index < -0.39 is 8.56 Å². The van der Waals surface area contributed by atoms with Gasteiger partial charge in [-0.1, -0.05) is 26.7 Å². The van der Waals surface area contributed by atoms with Crippen LogP contribution in [0, 0.1) is 0 Å². The van der Waals surface area contributed by atoms with Crippen LogP contribution in [0.1, 0.15) is 39.5 Å². The van der Waals surface area contributed by atoms with Gasteiger partial charge in [0.25, 0.3) is 0 Å². The second-order valence-electron chi connectivity index (χ2n) is 3.97. The minimum absolute atomic E-state index is 0.625. The summed E-state index contributed by atoms with van der Waals surface area (Å²) in [6.07, 6.45) is 5.14. The van der Waals surface area contributed by atoms with Gasteiger partial charge in [-0.3, -0.25) is 0 Å². The van der Waals surface area contributed by atoms with E-state index in [1.807, 2.05) is 0 Å². The van der Waals surface area contributed by atoms with Gasteiger partial charge in [0.05, 0.1) is 6.23 Å². The summed E-state index contributed by atoms with van der Waals surface area (Å²) in [6, 6.07) is 0. The molecule has 0 fully saturated rings. The molecule has 0 aromatic carbocycles. The molecule has 4 heteroatoms. The predicted octanol–water partition coefficient (Wildman–Crippen LogP) is 2.88. The molecule has 0 N–H and O–H groups in total. The zero-order valence-electron chi connectivity index (χ0n) is 10.7. The van der Waals surface area contributed by atoms with Crippen LogP contribution in [0.3, 0.4) is 0 Å². The quantitative estimate of drug-likeness (QED) is 0.430. The fraction of sp³-hybridized carbons (Fsp3) is 1.00. The lowest BCUT2D eigenvalue weighted by Crippen LogP contribution is -2.44. The average Bonchev–Trinajstić information content (AvgIpc) is 2.19. The van der Waals surface area contributed by atoms with Gasteiger partial charge in [-0.25, -0.2) is 0 Å². The monoisotopic (exact) mass is 234 g/mol. The largest absolute Gasteiger partial charge is 0.393 e. The van der Waals surface area contributed by atoms with Crippen molar-refractivity contribution in [2.75, 3.05) is 26.6 Å². The SMILES string of the molecule is CCCCO[Si](C)(COC)OCCCC. The van der Waals surface area contributed by atoms with E-state index in [0.29, 0.717) is 6.23 Å². The van der Waals surface area contributed by atoms with Crippen molar-refractivity contribution < 1.29 is 13.6 Å². The molecule has 0 rings (SSSR count). The topological polar surface area (TPSA) is 27.7 Å². The summed E-state index contributed by atoms with van der Waals surface area (Å²) in [4.78, 5) is 0. The van der Waals surface area contributed by atoms with E-state index in [9.17, 15) is 0 Å². The number of hydrogen-bond acceptors (Lipinski definition) is 3. The van der Waals surface area contributed by atoms with Crippen molar-refractivity contribution in [1.82, 2.24) is 0 Å². The van der Waals surface area contributed by atoms with Gasteiger partial charge in [0, 0.05) is 20.3 Å². The molecule has 0 radical (unpaired) electrons. The molecule has 0 heterocycles. The van der Waals surface area contributed by atoms with E-state index in [1.54, 1.807) is 7.11 Å². The van der Waals surface area contributed by atoms with Crippen molar-refractivity contribution in [2.45, 2.75) is 46.1 Å². The van der Waals surface area contributed by atoms with Crippen LogP contribution in [0.2, 0.25) is 6.55 Å². The maximum absolute atomic E-state index is 5.85. The Hall–Kier alpha value is 0.0969. The summed E-state index contributed by atoms with van der Waals surface area (Å²) in [7, 11) is -0.340. The van der Waals surface area contributed by atoms with Crippen molar-refractivity contribution in [3.8, 4) is 0 Å². The van der Waals surface area contributed by atoms with Gasteiger partial charge in [0.2, 0.25) is 0 Å². The molecular weight excluding hydrogens is 208 g/mol. The molecule has 0 saturated heterocycles. The Morgan fingerprint density at radius 3 is 1.73 bits per heavy atom. The molecule has 0 aromatic heterocycles. The zero-order chi connectivity index (χ0) is 11.6. The van der Waals surface area contributed by atoms with Gasteiger partial charge in [-0.15, -0.1) is 0 Å². The molecule has 0 aliphatic carbocycles. The Bertz CT molecular complexity index is 132. The molecule has 0 spiro atoms. The lowest BCUT2D eigenvalue weighted by atomic mass is 10.4. The number of hydrogen-bond donors (Lipinski definition) is 0. The summed E-state index contributed by atoms with van der Waals surface area (Å²) >= 11 is 0. The van der Waals surface area contributed by atoms with Gasteiger partial charge >= 0.3 is 8.56 Å². The van der Waals surface area contributed by atoms with Crippen LogP contribution in [-0.4, -0.2) is 35.1 Å². The lowest BCUT2D eigenvalue weighted by Gasteiger charge is -2.26. The fourth-order valence-electron chi connectivity index (χ4n) is 1.25. The van der Waals surface area contributed by atoms with E-state index in [1.165, 1.54) is 0 Å². The maximum Gasteiger partial charge on any atom is 0.361 e. The maximum atomic E-state index is 5.85. The lowest BCUT2D eigenvalue weighted by molar-refractivity contribution is 0.125. The molecule has 92 valence electrons. The van der Waals surface area contributed by atoms with Gasteiger partial charge in [-0.2, -0.15) is 0 Å². The molecule has 0 aliphatic rings. The molecule has 0 aliphatic heterocycles. The van der Waals surface area contributed by atoms with Crippen LogP contribution in [0.5, 0.6) is 0 Å². The zero-order valence-corrected chi connectivity index (χ0v) is 11.7. The Kier molecular flexibility index (Phi) is 9.39. The summed E-state index contributed by atoms with van der Waals surface area (Å²) in [5, 5.41) is 0. The molecular formula is C11H26O3Si. The second-order valence-corrected chi connectivity index (χ2v) is 7.10. The summed E-state index contributed by atoms with van der Waals surface area (Å²) in [5.41, 5.74) is 0. The van der Waals surface area contributed by atoms with E-state index in [0.717, 1.165) is 38.9 Å². The van der Waals surface area contributed by atoms with Crippen molar-refractivity contribution in [2.24, 2.45) is 0 Å². The molecule has 0 saturated carbocycles. The highest BCUT2D eigenvalue weighted by Crippen LogP contribution is 2.10. The van der Waals surface area contributed by atoms with Crippen molar-refractivity contribution in [3.63, 3.8) is 0 Å². The van der Waals surface area contributed by atoms with E-state index in [2.05, 4.69) is 20.4 Å². The van der Waals surface area contributed by atoms with E-state index >= 15 is 0 Å². The average molecular weight is 234 g/mol. The summed E-state index contributed by atoms with van der Waals surface area (Å²) in [5.74, 6) is 0. The number of ether oxygens (including phenoxy) is 1. The first kappa shape index (κ1) is 15.1. The van der Waals surface area contributed by atoms with E-state index in [4.69, 9.17) is 13.6 Å².